The lowest BCUT2D eigenvalue weighted by molar-refractivity contribution is 0.877. The van der Waals surface area contributed by atoms with Gasteiger partial charge in [0.15, 0.2) is 0 Å². The normalized spacial score (nSPS) is 11.3. The molecule has 3 aromatic rings. The third-order valence-corrected chi connectivity index (χ3v) is 3.22. The average molecular weight is 265 g/mol. The first-order valence-electron chi connectivity index (χ1n) is 6.39. The smallest absolute Gasteiger partial charge is 0.141 e. The molecular formula is C15H15N5. The predicted octanol–water partition coefficient (Wildman–Crippen LogP) is 2.57. The fourth-order valence-corrected chi connectivity index (χ4v) is 2.28. The fourth-order valence-electron chi connectivity index (χ4n) is 2.28. The summed E-state index contributed by atoms with van der Waals surface area (Å²) in [6.45, 7) is 4.18. The van der Waals surface area contributed by atoms with Gasteiger partial charge in [-0.25, -0.2) is 4.68 Å². The highest BCUT2D eigenvalue weighted by molar-refractivity contribution is 5.82. The van der Waals surface area contributed by atoms with Gasteiger partial charge in [0.1, 0.15) is 12.7 Å². The molecule has 0 saturated carbocycles. The highest BCUT2D eigenvalue weighted by Crippen LogP contribution is 2.19. The van der Waals surface area contributed by atoms with E-state index in [4.69, 9.17) is 0 Å². The summed E-state index contributed by atoms with van der Waals surface area (Å²) < 4.78 is 3.79. The molecule has 100 valence electrons. The van der Waals surface area contributed by atoms with E-state index in [2.05, 4.69) is 51.9 Å². The zero-order chi connectivity index (χ0) is 13.9. The number of para-hydroxylation sites is 1. The van der Waals surface area contributed by atoms with Crippen LogP contribution in [0.3, 0.4) is 0 Å². The van der Waals surface area contributed by atoms with E-state index in [0.717, 1.165) is 16.9 Å². The first kappa shape index (κ1) is 12.3. The van der Waals surface area contributed by atoms with Crippen LogP contribution in [0.25, 0.3) is 5.69 Å². The van der Waals surface area contributed by atoms with Crippen LogP contribution in [0.15, 0.2) is 54.2 Å². The zero-order valence-electron chi connectivity index (χ0n) is 11.4. The van der Waals surface area contributed by atoms with E-state index in [-0.39, 0.29) is 0 Å². The van der Waals surface area contributed by atoms with E-state index in [1.54, 1.807) is 17.3 Å². The molecule has 0 bridgehead atoms. The van der Waals surface area contributed by atoms with Crippen molar-refractivity contribution in [1.29, 1.82) is 0 Å². The van der Waals surface area contributed by atoms with Crippen molar-refractivity contribution < 1.29 is 0 Å². The number of benzene rings is 1. The van der Waals surface area contributed by atoms with Crippen LogP contribution in [0.5, 0.6) is 0 Å². The van der Waals surface area contributed by atoms with Crippen molar-refractivity contribution in [3.63, 3.8) is 0 Å². The Bertz CT molecular complexity index is 723. The van der Waals surface area contributed by atoms with E-state index >= 15 is 0 Å². The Morgan fingerprint density at radius 2 is 1.75 bits per heavy atom. The number of rotatable bonds is 3. The van der Waals surface area contributed by atoms with Gasteiger partial charge in [-0.1, -0.05) is 18.2 Å². The van der Waals surface area contributed by atoms with Crippen LogP contribution in [-0.2, 0) is 0 Å². The second-order valence-electron chi connectivity index (χ2n) is 4.58. The van der Waals surface area contributed by atoms with Gasteiger partial charge in [-0.15, -0.1) is 10.2 Å². The minimum absolute atomic E-state index is 1.08. The van der Waals surface area contributed by atoms with Gasteiger partial charge < -0.3 is 4.57 Å². The highest BCUT2D eigenvalue weighted by Gasteiger charge is 2.08. The zero-order valence-corrected chi connectivity index (χ0v) is 11.4. The van der Waals surface area contributed by atoms with Crippen LogP contribution in [0, 0.1) is 13.8 Å². The molecule has 0 aliphatic carbocycles. The van der Waals surface area contributed by atoms with Crippen molar-refractivity contribution in [2.75, 3.05) is 0 Å². The molecule has 0 amide bonds. The molecule has 0 spiro atoms. The number of aromatic nitrogens is 4. The minimum atomic E-state index is 1.08. The third kappa shape index (κ3) is 2.25. The van der Waals surface area contributed by atoms with Gasteiger partial charge in [0.2, 0.25) is 0 Å². The molecule has 2 aromatic heterocycles. The molecule has 2 heterocycles. The maximum absolute atomic E-state index is 4.30. The Balaban J connectivity index is 1.99. The molecule has 3 rings (SSSR count). The van der Waals surface area contributed by atoms with Crippen molar-refractivity contribution in [2.45, 2.75) is 13.8 Å². The maximum Gasteiger partial charge on any atom is 0.141 e. The van der Waals surface area contributed by atoms with Gasteiger partial charge in [0.05, 0.1) is 6.21 Å². The molecule has 1 aromatic carbocycles. The van der Waals surface area contributed by atoms with Gasteiger partial charge in [0.25, 0.3) is 0 Å². The van der Waals surface area contributed by atoms with E-state index in [1.165, 1.54) is 5.69 Å². The molecule has 5 heteroatoms. The molecule has 0 atom stereocenters. The third-order valence-electron chi connectivity index (χ3n) is 3.22. The Kier molecular flexibility index (Phi) is 3.16. The molecule has 20 heavy (non-hydrogen) atoms. The van der Waals surface area contributed by atoms with Crippen molar-refractivity contribution in [3.05, 3.63) is 66.0 Å². The highest BCUT2D eigenvalue weighted by atomic mass is 15.4. The standard InChI is InChI=1S/C15H15N5/c1-12-8-14(9-18-19-10-16-17-11-19)13(2)20(12)15-6-4-3-5-7-15/h3-11H,1-2H3/b18-9+. The molecule has 0 aliphatic rings. The molecule has 0 N–H and O–H groups in total. The van der Waals surface area contributed by atoms with Crippen molar-refractivity contribution in [1.82, 2.24) is 19.4 Å². The molecule has 0 saturated heterocycles. The topological polar surface area (TPSA) is 48.0 Å². The summed E-state index contributed by atoms with van der Waals surface area (Å²) in [5, 5.41) is 11.7. The average Bonchev–Trinajstić information content (AvgIpc) is 3.06. The summed E-state index contributed by atoms with van der Waals surface area (Å²) in [7, 11) is 0. The summed E-state index contributed by atoms with van der Waals surface area (Å²) >= 11 is 0. The van der Waals surface area contributed by atoms with Crippen LogP contribution in [0.2, 0.25) is 0 Å². The van der Waals surface area contributed by atoms with Crippen LogP contribution < -0.4 is 0 Å². The van der Waals surface area contributed by atoms with E-state index in [0.29, 0.717) is 0 Å². The van der Waals surface area contributed by atoms with Crippen LogP contribution in [0.1, 0.15) is 17.0 Å². The van der Waals surface area contributed by atoms with Gasteiger partial charge in [-0.2, -0.15) is 5.10 Å². The van der Waals surface area contributed by atoms with Crippen LogP contribution >= 0.6 is 0 Å². The van der Waals surface area contributed by atoms with Gasteiger partial charge in [-0.3, -0.25) is 0 Å². The number of nitrogens with zero attached hydrogens (tertiary/aromatic N) is 5. The first-order chi connectivity index (χ1) is 9.75. The fraction of sp³-hybridized carbons (Fsp3) is 0.133. The quantitative estimate of drug-likeness (QED) is 0.683. The summed E-state index contributed by atoms with van der Waals surface area (Å²) in [4.78, 5) is 0. The number of hydrogen-bond donors (Lipinski definition) is 0. The minimum Gasteiger partial charge on any atom is -0.318 e. The van der Waals surface area contributed by atoms with Crippen LogP contribution in [0.4, 0.5) is 0 Å². The first-order valence-corrected chi connectivity index (χ1v) is 6.39. The molecule has 0 radical (unpaired) electrons. The predicted molar refractivity (Wildman–Crippen MR) is 78.3 cm³/mol. The Hall–Kier alpha value is -2.69. The Morgan fingerprint density at radius 3 is 2.45 bits per heavy atom. The monoisotopic (exact) mass is 265 g/mol. The summed E-state index contributed by atoms with van der Waals surface area (Å²) in [6, 6.07) is 12.4. The summed E-state index contributed by atoms with van der Waals surface area (Å²) in [5.41, 5.74) is 4.58. The molecular weight excluding hydrogens is 250 g/mol. The lowest BCUT2D eigenvalue weighted by atomic mass is 10.2. The molecule has 0 unspecified atom stereocenters. The second-order valence-corrected chi connectivity index (χ2v) is 4.58. The van der Waals surface area contributed by atoms with Crippen molar-refractivity contribution in [3.8, 4) is 5.69 Å². The second kappa shape index (κ2) is 5.13. The van der Waals surface area contributed by atoms with Crippen LogP contribution in [-0.4, -0.2) is 25.7 Å². The molecule has 0 fully saturated rings. The lowest BCUT2D eigenvalue weighted by Gasteiger charge is -2.08. The van der Waals surface area contributed by atoms with E-state index < -0.39 is 0 Å². The lowest BCUT2D eigenvalue weighted by Crippen LogP contribution is -1.99. The Morgan fingerprint density at radius 1 is 1.05 bits per heavy atom. The van der Waals surface area contributed by atoms with Crippen molar-refractivity contribution in [2.24, 2.45) is 5.10 Å². The van der Waals surface area contributed by atoms with E-state index in [9.17, 15) is 0 Å². The van der Waals surface area contributed by atoms with Gasteiger partial charge in [0, 0.05) is 22.6 Å². The van der Waals surface area contributed by atoms with Gasteiger partial charge in [-0.05, 0) is 32.0 Å². The molecule has 0 aliphatic heterocycles. The summed E-state index contributed by atoms with van der Waals surface area (Å²) in [6.07, 6.45) is 4.95. The summed E-state index contributed by atoms with van der Waals surface area (Å²) in [5.74, 6) is 0. The number of hydrogen-bond acceptors (Lipinski definition) is 3. The Labute approximate surface area is 117 Å². The number of aryl methyl sites for hydroxylation is 1. The largest absolute Gasteiger partial charge is 0.318 e. The van der Waals surface area contributed by atoms with Crippen molar-refractivity contribution >= 4 is 6.21 Å². The SMILES string of the molecule is Cc1cc(/C=N/n2cnnc2)c(C)n1-c1ccccc1. The maximum atomic E-state index is 4.30. The molecule has 5 nitrogen and oxygen atoms in total. The van der Waals surface area contributed by atoms with E-state index in [1.807, 2.05) is 24.4 Å². The van der Waals surface area contributed by atoms with Gasteiger partial charge >= 0.3 is 0 Å².